The van der Waals surface area contributed by atoms with Crippen molar-refractivity contribution >= 4 is 37.7 Å². The molecule has 0 aliphatic carbocycles. The van der Waals surface area contributed by atoms with Gasteiger partial charge < -0.3 is 10.8 Å². The van der Waals surface area contributed by atoms with Gasteiger partial charge in [-0.25, -0.2) is 0 Å². The van der Waals surface area contributed by atoms with Crippen molar-refractivity contribution in [2.45, 2.75) is 42.6 Å². The van der Waals surface area contributed by atoms with Crippen LogP contribution < -0.4 is 5.73 Å². The number of thioether (sulfide) groups is 1. The van der Waals surface area contributed by atoms with Gasteiger partial charge in [0.15, 0.2) is 0 Å². The van der Waals surface area contributed by atoms with Crippen LogP contribution in [-0.2, 0) is 22.6 Å². The number of nitrogens with zero attached hydrogens (tertiary/aromatic N) is 2. The van der Waals surface area contributed by atoms with E-state index in [-0.39, 0.29) is 12.0 Å². The smallest absolute Gasteiger partial charge is 0.320 e. The van der Waals surface area contributed by atoms with Gasteiger partial charge in [-0.3, -0.25) is 14.8 Å². The van der Waals surface area contributed by atoms with Crippen molar-refractivity contribution in [3.05, 3.63) is 65.7 Å². The molecule has 0 fully saturated rings. The van der Waals surface area contributed by atoms with E-state index in [4.69, 9.17) is 10.8 Å². The van der Waals surface area contributed by atoms with Crippen LogP contribution >= 0.6 is 21.0 Å². The maximum atomic E-state index is 13.8. The fraction of sp³-hybridized carbons (Fsp3) is 0.286. The summed E-state index contributed by atoms with van der Waals surface area (Å²) < 4.78 is 27.7. The number of alkyl halides is 2. The number of aromatic nitrogens is 2. The highest BCUT2D eigenvalue weighted by Crippen LogP contribution is 2.40. The van der Waals surface area contributed by atoms with Gasteiger partial charge in [-0.2, -0.15) is 8.78 Å². The van der Waals surface area contributed by atoms with E-state index >= 15 is 0 Å². The summed E-state index contributed by atoms with van der Waals surface area (Å²) in [6.45, 7) is 4.00. The number of aliphatic carboxylic acids is 1. The summed E-state index contributed by atoms with van der Waals surface area (Å²) in [7, 11) is 1.56. The average molecular weight is 451 g/mol. The molecule has 5 nitrogen and oxygen atoms in total. The first-order valence-electron chi connectivity index (χ1n) is 9.35. The van der Waals surface area contributed by atoms with Gasteiger partial charge in [0.2, 0.25) is 0 Å². The molecule has 0 amide bonds. The molecule has 3 rings (SSSR count). The van der Waals surface area contributed by atoms with Gasteiger partial charge in [-0.1, -0.05) is 47.4 Å². The predicted octanol–water partition coefficient (Wildman–Crippen LogP) is 4.83. The summed E-state index contributed by atoms with van der Waals surface area (Å²) in [4.78, 5) is 20.2. The van der Waals surface area contributed by atoms with Crippen LogP contribution in [0, 0.1) is 0 Å². The quantitative estimate of drug-likeness (QED) is 0.395. The first-order valence-corrected chi connectivity index (χ1v) is 10.9. The molecule has 3 N–H and O–H groups in total. The Bertz CT molecular complexity index is 1010. The summed E-state index contributed by atoms with van der Waals surface area (Å²) in [5.74, 6) is -0.594. The molecule has 2 unspecified atom stereocenters. The zero-order valence-electron chi connectivity index (χ0n) is 16.7. The molecule has 2 aromatic heterocycles. The van der Waals surface area contributed by atoms with E-state index in [1.165, 1.54) is 24.0 Å². The Hall–Kier alpha value is -2.15. The molecule has 0 saturated heterocycles. The lowest BCUT2D eigenvalue weighted by Crippen LogP contribution is -2.32. The minimum atomic E-state index is -3.04. The van der Waals surface area contributed by atoms with Crippen molar-refractivity contribution < 1.29 is 18.7 Å². The van der Waals surface area contributed by atoms with E-state index in [0.29, 0.717) is 22.2 Å². The summed E-state index contributed by atoms with van der Waals surface area (Å²) in [6, 6.07) is 9.11. The number of hydrogen-bond acceptors (Lipinski definition) is 5. The second-order valence-corrected chi connectivity index (χ2v) is 7.96. The van der Waals surface area contributed by atoms with Crippen LogP contribution in [-0.4, -0.2) is 27.1 Å². The van der Waals surface area contributed by atoms with E-state index in [2.05, 4.69) is 9.97 Å². The highest BCUT2D eigenvalue weighted by molar-refractivity contribution is 7.98. The molecule has 160 valence electrons. The largest absolute Gasteiger partial charge is 0.480 e. The first-order chi connectivity index (χ1) is 14.3. The lowest BCUT2D eigenvalue weighted by atomic mass is 10.1. The van der Waals surface area contributed by atoms with Gasteiger partial charge in [-0.15, -0.1) is 11.8 Å². The van der Waals surface area contributed by atoms with E-state index in [1.807, 2.05) is 19.9 Å². The van der Waals surface area contributed by atoms with Gasteiger partial charge >= 0.3 is 5.97 Å². The van der Waals surface area contributed by atoms with Crippen LogP contribution in [0.15, 0.2) is 53.7 Å². The zero-order valence-corrected chi connectivity index (χ0v) is 18.7. The lowest BCUT2D eigenvalue weighted by molar-refractivity contribution is -0.138. The Kier molecular flexibility index (Phi) is 8.65. The van der Waals surface area contributed by atoms with E-state index in [0.717, 1.165) is 10.6 Å². The standard InChI is InChI=1S/C19H18F2N3O2PS.C2H6/c20-19(21,27)15-6-2-5-13-14(15)8-23-9-17(13)28-10-12-4-1-3-11(24-12)7-16(22)18(25)26;1-2/h1-6,8-9,16H,7,10,22,27H2,(H,25,26);1-2H3. The van der Waals surface area contributed by atoms with Crippen LogP contribution in [0.2, 0.25) is 0 Å². The average Bonchev–Trinajstić information content (AvgIpc) is 2.72. The normalized spacial score (nSPS) is 12.2. The minimum absolute atomic E-state index is 0.0901. The van der Waals surface area contributed by atoms with E-state index in [9.17, 15) is 13.6 Å². The fourth-order valence-corrected chi connectivity index (χ4v) is 3.95. The zero-order chi connectivity index (χ0) is 22.3. The van der Waals surface area contributed by atoms with Crippen LogP contribution in [0.1, 0.15) is 30.8 Å². The van der Waals surface area contributed by atoms with Crippen LogP contribution in [0.3, 0.4) is 0 Å². The number of hydrogen-bond donors (Lipinski definition) is 2. The Morgan fingerprint density at radius 2 is 1.83 bits per heavy atom. The Balaban J connectivity index is 0.00000155. The third-order valence-electron chi connectivity index (χ3n) is 4.11. The Labute approximate surface area is 180 Å². The summed E-state index contributed by atoms with van der Waals surface area (Å²) in [5, 5.41) is 10.0. The Morgan fingerprint density at radius 3 is 2.50 bits per heavy atom. The van der Waals surface area contributed by atoms with Gasteiger partial charge in [0.25, 0.3) is 5.66 Å². The molecular formula is C21H24F2N3O2PS. The van der Waals surface area contributed by atoms with Gasteiger partial charge in [0.05, 0.1) is 5.69 Å². The molecule has 0 bridgehead atoms. The summed E-state index contributed by atoms with van der Waals surface area (Å²) >= 11 is 1.43. The van der Waals surface area contributed by atoms with Gasteiger partial charge in [-0.05, 0) is 17.5 Å². The van der Waals surface area contributed by atoms with Crippen molar-refractivity contribution in [3.8, 4) is 0 Å². The number of nitrogens with two attached hydrogens (primary N) is 1. The second kappa shape index (κ2) is 10.8. The highest BCUT2D eigenvalue weighted by atomic mass is 32.2. The first kappa shape index (κ1) is 24.1. The van der Waals surface area contributed by atoms with Crippen molar-refractivity contribution in [1.29, 1.82) is 0 Å². The SMILES string of the molecule is CC.NC(Cc1cccc(CSc2cncc3c(C(F)(F)P)cccc23)n1)C(=O)O. The number of fused-ring (bicyclic) bond motifs is 1. The molecule has 3 aromatic rings. The maximum absolute atomic E-state index is 13.8. The molecule has 30 heavy (non-hydrogen) atoms. The molecule has 1 aromatic carbocycles. The molecular weight excluding hydrogens is 427 g/mol. The summed E-state index contributed by atoms with van der Waals surface area (Å²) in [6.07, 6.45) is 3.22. The predicted molar refractivity (Wildman–Crippen MR) is 120 cm³/mol. The van der Waals surface area contributed by atoms with Crippen LogP contribution in [0.25, 0.3) is 10.8 Å². The number of carboxylic acid groups (broad SMARTS) is 1. The monoisotopic (exact) mass is 451 g/mol. The second-order valence-electron chi connectivity index (χ2n) is 6.22. The maximum Gasteiger partial charge on any atom is 0.320 e. The van der Waals surface area contributed by atoms with Crippen molar-refractivity contribution in [2.75, 3.05) is 0 Å². The molecule has 2 heterocycles. The Morgan fingerprint density at radius 1 is 1.17 bits per heavy atom. The number of carboxylic acids is 1. The molecule has 0 radical (unpaired) electrons. The van der Waals surface area contributed by atoms with Crippen molar-refractivity contribution in [1.82, 2.24) is 9.97 Å². The van der Waals surface area contributed by atoms with E-state index in [1.54, 1.807) is 39.7 Å². The van der Waals surface area contributed by atoms with Gasteiger partial charge in [0.1, 0.15) is 6.04 Å². The number of rotatable bonds is 7. The van der Waals surface area contributed by atoms with Crippen molar-refractivity contribution in [2.24, 2.45) is 5.73 Å². The minimum Gasteiger partial charge on any atom is -0.480 e. The molecule has 0 saturated carbocycles. The third kappa shape index (κ3) is 6.17. The van der Waals surface area contributed by atoms with Gasteiger partial charge in [0, 0.05) is 46.1 Å². The number of benzene rings is 1. The third-order valence-corrected chi connectivity index (χ3v) is 5.50. The van der Waals surface area contributed by atoms with Crippen LogP contribution in [0.5, 0.6) is 0 Å². The van der Waals surface area contributed by atoms with Crippen LogP contribution in [0.4, 0.5) is 8.78 Å². The van der Waals surface area contributed by atoms with E-state index < -0.39 is 17.7 Å². The molecule has 0 aliphatic heterocycles. The highest BCUT2D eigenvalue weighted by Gasteiger charge is 2.27. The molecule has 9 heteroatoms. The topological polar surface area (TPSA) is 89.1 Å². The fourth-order valence-electron chi connectivity index (χ4n) is 2.76. The number of carbonyl (C=O) groups is 1. The molecule has 0 aliphatic rings. The number of pyridine rings is 2. The lowest BCUT2D eigenvalue weighted by Gasteiger charge is -2.14. The van der Waals surface area contributed by atoms with Crippen molar-refractivity contribution in [3.63, 3.8) is 0 Å². The number of halogens is 2. The summed E-state index contributed by atoms with van der Waals surface area (Å²) in [5.41, 5.74) is 3.76. The molecule has 0 spiro atoms. The molecule has 2 atom stereocenters.